The predicted octanol–water partition coefficient (Wildman–Crippen LogP) is 4.60. The second-order valence-electron chi connectivity index (χ2n) is 6.25. The number of para-hydroxylation sites is 1. The van der Waals surface area contributed by atoms with Gasteiger partial charge >= 0.3 is 0 Å². The fourth-order valence-corrected chi connectivity index (χ4v) is 3.10. The Hall–Kier alpha value is -3.20. The second-order valence-corrected chi connectivity index (χ2v) is 6.25. The number of hydrogen-bond donors (Lipinski definition) is 1. The lowest BCUT2D eigenvalue weighted by atomic mass is 9.84. The van der Waals surface area contributed by atoms with Crippen molar-refractivity contribution in [3.05, 3.63) is 100 Å². The molecule has 1 aliphatic carbocycles. The van der Waals surface area contributed by atoms with Crippen molar-refractivity contribution in [2.75, 3.05) is 5.73 Å². The minimum Gasteiger partial charge on any atom is -0.398 e. The second kappa shape index (κ2) is 7.36. The van der Waals surface area contributed by atoms with E-state index in [1.165, 1.54) is 11.1 Å². The summed E-state index contributed by atoms with van der Waals surface area (Å²) in [6, 6.07) is 20.1. The van der Waals surface area contributed by atoms with Crippen molar-refractivity contribution in [2.24, 2.45) is 0 Å². The van der Waals surface area contributed by atoms with Gasteiger partial charge in [-0.15, -0.1) is 0 Å². The maximum Gasteiger partial charge on any atom is 0.194 e. The Kier molecular flexibility index (Phi) is 4.99. The summed E-state index contributed by atoms with van der Waals surface area (Å²) >= 11 is 0. The van der Waals surface area contributed by atoms with Gasteiger partial charge in [0, 0.05) is 27.9 Å². The average Bonchev–Trinajstić information content (AvgIpc) is 2.69. The van der Waals surface area contributed by atoms with E-state index in [4.69, 9.17) is 5.73 Å². The standard InChI is InChI=1S/C14H8O2.C9H13N/c15-13-9-5-1-2-6-10(9)14(16)12-8-4-3-7-11(12)13;1-3-8-6-4-5-7(2)9(8)10/h1-8H;4-6H,3,10H2,1-2H3. The highest BCUT2D eigenvalue weighted by Crippen LogP contribution is 2.26. The molecule has 4 rings (SSSR count). The minimum atomic E-state index is -0.0641. The van der Waals surface area contributed by atoms with Crippen molar-refractivity contribution in [2.45, 2.75) is 20.3 Å². The van der Waals surface area contributed by atoms with Crippen LogP contribution in [0.15, 0.2) is 66.7 Å². The monoisotopic (exact) mass is 343 g/mol. The van der Waals surface area contributed by atoms with E-state index in [9.17, 15) is 9.59 Å². The Labute approximate surface area is 153 Å². The van der Waals surface area contributed by atoms with Gasteiger partial charge in [0.15, 0.2) is 11.6 Å². The molecule has 0 unspecified atom stereocenters. The van der Waals surface area contributed by atoms with Crippen molar-refractivity contribution in [1.82, 2.24) is 0 Å². The molecule has 0 amide bonds. The first-order valence-corrected chi connectivity index (χ1v) is 8.66. The summed E-state index contributed by atoms with van der Waals surface area (Å²) in [5.74, 6) is -0.128. The number of benzene rings is 3. The molecule has 2 N–H and O–H groups in total. The molecule has 1 aliphatic rings. The molecular weight excluding hydrogens is 322 g/mol. The van der Waals surface area contributed by atoms with Crippen LogP contribution in [0, 0.1) is 6.92 Å². The summed E-state index contributed by atoms with van der Waals surface area (Å²) in [6.45, 7) is 4.15. The summed E-state index contributed by atoms with van der Waals surface area (Å²) < 4.78 is 0. The number of carbonyl (C=O) groups excluding carboxylic acids is 2. The number of rotatable bonds is 1. The molecule has 3 nitrogen and oxygen atoms in total. The number of ketones is 2. The molecule has 3 aromatic rings. The van der Waals surface area contributed by atoms with E-state index in [0.717, 1.165) is 12.1 Å². The largest absolute Gasteiger partial charge is 0.398 e. The SMILES string of the molecule is CCc1cccc(C)c1N.O=C1c2ccccc2C(=O)c2ccccc21. The van der Waals surface area contributed by atoms with Crippen molar-refractivity contribution in [3.63, 3.8) is 0 Å². The molecular formula is C23H21NO2. The van der Waals surface area contributed by atoms with Gasteiger partial charge in [0.1, 0.15) is 0 Å². The van der Waals surface area contributed by atoms with Gasteiger partial charge in [0.25, 0.3) is 0 Å². The van der Waals surface area contributed by atoms with E-state index in [1.54, 1.807) is 48.5 Å². The van der Waals surface area contributed by atoms with Crippen LogP contribution in [0.4, 0.5) is 5.69 Å². The van der Waals surface area contributed by atoms with Gasteiger partial charge < -0.3 is 5.73 Å². The Morgan fingerprint density at radius 1 is 0.692 bits per heavy atom. The number of aryl methyl sites for hydroxylation is 2. The van der Waals surface area contributed by atoms with Crippen LogP contribution < -0.4 is 5.73 Å². The van der Waals surface area contributed by atoms with E-state index in [0.29, 0.717) is 22.3 Å². The third-order valence-corrected chi connectivity index (χ3v) is 4.63. The fourth-order valence-electron chi connectivity index (χ4n) is 3.10. The molecule has 3 aromatic carbocycles. The van der Waals surface area contributed by atoms with Crippen LogP contribution in [0.3, 0.4) is 0 Å². The number of nitrogens with two attached hydrogens (primary N) is 1. The molecule has 0 aliphatic heterocycles. The smallest absolute Gasteiger partial charge is 0.194 e. The molecule has 0 atom stereocenters. The summed E-state index contributed by atoms with van der Waals surface area (Å²) in [5, 5.41) is 0. The molecule has 0 fully saturated rings. The van der Waals surface area contributed by atoms with Gasteiger partial charge in [0.2, 0.25) is 0 Å². The molecule has 3 heteroatoms. The first-order chi connectivity index (χ1) is 12.5. The number of hydrogen-bond acceptors (Lipinski definition) is 3. The number of fused-ring (bicyclic) bond motifs is 2. The summed E-state index contributed by atoms with van der Waals surface area (Å²) in [5.41, 5.74) is 11.2. The Morgan fingerprint density at radius 3 is 1.46 bits per heavy atom. The fraction of sp³-hybridized carbons (Fsp3) is 0.130. The van der Waals surface area contributed by atoms with Crippen LogP contribution in [0.5, 0.6) is 0 Å². The Bertz CT molecular complexity index is 884. The first kappa shape index (κ1) is 17.6. The van der Waals surface area contributed by atoms with Gasteiger partial charge in [-0.3, -0.25) is 9.59 Å². The van der Waals surface area contributed by atoms with Gasteiger partial charge in [-0.1, -0.05) is 73.7 Å². The zero-order chi connectivity index (χ0) is 18.7. The average molecular weight is 343 g/mol. The van der Waals surface area contributed by atoms with E-state index >= 15 is 0 Å². The van der Waals surface area contributed by atoms with Gasteiger partial charge in [0.05, 0.1) is 0 Å². The van der Waals surface area contributed by atoms with Gasteiger partial charge in [-0.25, -0.2) is 0 Å². The first-order valence-electron chi connectivity index (χ1n) is 8.66. The normalized spacial score (nSPS) is 11.9. The predicted molar refractivity (Wildman–Crippen MR) is 105 cm³/mol. The highest BCUT2D eigenvalue weighted by Gasteiger charge is 2.28. The quantitative estimate of drug-likeness (QED) is 0.514. The third kappa shape index (κ3) is 3.16. The molecule has 0 heterocycles. The van der Waals surface area contributed by atoms with Crippen LogP contribution >= 0.6 is 0 Å². The van der Waals surface area contributed by atoms with E-state index < -0.39 is 0 Å². The van der Waals surface area contributed by atoms with Crippen molar-refractivity contribution in [1.29, 1.82) is 0 Å². The van der Waals surface area contributed by atoms with Crippen molar-refractivity contribution >= 4 is 17.3 Å². The summed E-state index contributed by atoms with van der Waals surface area (Å²) in [4.78, 5) is 24.2. The number of carbonyl (C=O) groups is 2. The summed E-state index contributed by atoms with van der Waals surface area (Å²) in [7, 11) is 0. The molecule has 0 aromatic heterocycles. The van der Waals surface area contributed by atoms with Gasteiger partial charge in [-0.2, -0.15) is 0 Å². The lowest BCUT2D eigenvalue weighted by Crippen LogP contribution is -2.20. The summed E-state index contributed by atoms with van der Waals surface area (Å²) in [6.07, 6.45) is 1.02. The van der Waals surface area contributed by atoms with E-state index in [1.807, 2.05) is 19.1 Å². The Balaban J connectivity index is 0.000000170. The molecule has 0 saturated heterocycles. The van der Waals surface area contributed by atoms with Crippen molar-refractivity contribution in [3.8, 4) is 0 Å². The molecule has 130 valence electrons. The van der Waals surface area contributed by atoms with Crippen LogP contribution in [-0.2, 0) is 6.42 Å². The zero-order valence-electron chi connectivity index (χ0n) is 15.0. The maximum atomic E-state index is 12.1. The van der Waals surface area contributed by atoms with E-state index in [-0.39, 0.29) is 11.6 Å². The molecule has 0 radical (unpaired) electrons. The molecule has 26 heavy (non-hydrogen) atoms. The van der Waals surface area contributed by atoms with E-state index in [2.05, 4.69) is 13.0 Å². The number of nitrogen functional groups attached to an aromatic ring is 1. The molecule has 0 saturated carbocycles. The molecule has 0 bridgehead atoms. The number of anilines is 1. The van der Waals surface area contributed by atoms with Crippen molar-refractivity contribution < 1.29 is 9.59 Å². The molecule has 0 spiro atoms. The highest BCUT2D eigenvalue weighted by atomic mass is 16.1. The minimum absolute atomic E-state index is 0.0641. The zero-order valence-corrected chi connectivity index (χ0v) is 15.0. The van der Waals surface area contributed by atoms with Crippen LogP contribution in [0.1, 0.15) is 49.9 Å². The van der Waals surface area contributed by atoms with Gasteiger partial charge in [-0.05, 0) is 24.5 Å². The topological polar surface area (TPSA) is 60.2 Å². The lowest BCUT2D eigenvalue weighted by molar-refractivity contribution is 0.0979. The van der Waals surface area contributed by atoms with Crippen LogP contribution in [0.2, 0.25) is 0 Å². The van der Waals surface area contributed by atoms with Crippen LogP contribution in [-0.4, -0.2) is 11.6 Å². The Morgan fingerprint density at radius 2 is 1.12 bits per heavy atom. The maximum absolute atomic E-state index is 12.1. The van der Waals surface area contributed by atoms with Crippen LogP contribution in [0.25, 0.3) is 0 Å². The lowest BCUT2D eigenvalue weighted by Gasteiger charge is -2.16. The highest BCUT2D eigenvalue weighted by molar-refractivity contribution is 6.28. The third-order valence-electron chi connectivity index (χ3n) is 4.63.